The maximum Gasteiger partial charge on any atom is 0.196 e. The molecule has 28 heavy (non-hydrogen) atoms. The third-order valence-electron chi connectivity index (χ3n) is 4.24. The van der Waals surface area contributed by atoms with Gasteiger partial charge in [-0.3, -0.25) is 5.43 Å². The van der Waals surface area contributed by atoms with Crippen LogP contribution < -0.4 is 10.2 Å². The lowest BCUT2D eigenvalue weighted by Gasteiger charge is -2.03. The summed E-state index contributed by atoms with van der Waals surface area (Å²) in [5.74, 6) is 0.759. The molecule has 0 saturated carbocycles. The molecule has 0 radical (unpaired) electrons. The zero-order valence-corrected chi connectivity index (χ0v) is 15.9. The number of nitriles is 1. The van der Waals surface area contributed by atoms with Crippen LogP contribution in [0.4, 0.5) is 5.69 Å². The van der Waals surface area contributed by atoms with E-state index in [0.717, 1.165) is 28.1 Å². The van der Waals surface area contributed by atoms with Crippen LogP contribution in [-0.4, -0.2) is 17.8 Å². The van der Waals surface area contributed by atoms with Crippen molar-refractivity contribution >= 4 is 33.5 Å². The number of rotatable bonds is 5. The summed E-state index contributed by atoms with van der Waals surface area (Å²) in [7, 11) is 1.62. The highest BCUT2D eigenvalue weighted by Gasteiger charge is 2.11. The van der Waals surface area contributed by atoms with Gasteiger partial charge in [-0.1, -0.05) is 36.4 Å². The van der Waals surface area contributed by atoms with Crippen LogP contribution in [0.2, 0.25) is 0 Å². The number of anilines is 1. The Hall–Kier alpha value is -3.69. The van der Waals surface area contributed by atoms with Crippen molar-refractivity contribution in [3.63, 3.8) is 0 Å². The van der Waals surface area contributed by atoms with Gasteiger partial charge in [0.05, 0.1) is 18.5 Å². The second kappa shape index (κ2) is 7.91. The molecule has 0 atom stereocenters. The van der Waals surface area contributed by atoms with Gasteiger partial charge in [-0.05, 0) is 41.1 Å². The van der Waals surface area contributed by atoms with E-state index < -0.39 is 0 Å². The molecular formula is C22H16N4OS. The predicted octanol–water partition coefficient (Wildman–Crippen LogP) is 5.31. The van der Waals surface area contributed by atoms with E-state index in [2.05, 4.69) is 45.8 Å². The van der Waals surface area contributed by atoms with Crippen LogP contribution >= 0.6 is 11.3 Å². The summed E-state index contributed by atoms with van der Waals surface area (Å²) in [4.78, 5) is 4.60. The van der Waals surface area contributed by atoms with Crippen molar-refractivity contribution in [3.05, 3.63) is 77.1 Å². The number of hydrogen-bond donors (Lipinski definition) is 1. The zero-order valence-electron chi connectivity index (χ0n) is 15.1. The van der Waals surface area contributed by atoms with Crippen LogP contribution in [0.5, 0.6) is 5.75 Å². The number of aromatic nitrogens is 1. The number of benzene rings is 3. The third-order valence-corrected chi connectivity index (χ3v) is 5.09. The van der Waals surface area contributed by atoms with Crippen LogP contribution in [0.1, 0.15) is 5.01 Å². The molecule has 5 nitrogen and oxygen atoms in total. The lowest BCUT2D eigenvalue weighted by Crippen LogP contribution is -2.01. The van der Waals surface area contributed by atoms with Crippen LogP contribution in [-0.2, 0) is 0 Å². The smallest absolute Gasteiger partial charge is 0.196 e. The molecule has 0 spiro atoms. The van der Waals surface area contributed by atoms with E-state index in [1.54, 1.807) is 7.11 Å². The Morgan fingerprint density at radius 1 is 1.07 bits per heavy atom. The Morgan fingerprint density at radius 2 is 1.86 bits per heavy atom. The number of ether oxygens (including phenoxy) is 1. The summed E-state index contributed by atoms with van der Waals surface area (Å²) in [5, 5.41) is 18.6. The summed E-state index contributed by atoms with van der Waals surface area (Å²) in [6.45, 7) is 0. The topological polar surface area (TPSA) is 70.3 Å². The van der Waals surface area contributed by atoms with Crippen molar-refractivity contribution < 1.29 is 4.74 Å². The molecule has 4 aromatic rings. The zero-order chi connectivity index (χ0) is 19.3. The van der Waals surface area contributed by atoms with E-state index in [1.807, 2.05) is 47.8 Å². The van der Waals surface area contributed by atoms with Gasteiger partial charge >= 0.3 is 0 Å². The minimum atomic E-state index is 0.243. The van der Waals surface area contributed by atoms with E-state index in [-0.39, 0.29) is 5.71 Å². The average molecular weight is 384 g/mol. The van der Waals surface area contributed by atoms with E-state index >= 15 is 0 Å². The van der Waals surface area contributed by atoms with Crippen molar-refractivity contribution in [2.24, 2.45) is 5.10 Å². The van der Waals surface area contributed by atoms with Gasteiger partial charge in [0.25, 0.3) is 0 Å². The van der Waals surface area contributed by atoms with Gasteiger partial charge < -0.3 is 4.74 Å². The van der Waals surface area contributed by atoms with Gasteiger partial charge in [0, 0.05) is 10.9 Å². The standard InChI is InChI=1S/C22H16N4OS/c1-27-19-10-8-18(9-11-19)25-26-20(13-23)22-24-21(14-28-22)17-7-6-15-4-2-3-5-16(15)12-17/h2-12,14,25H,1H3/b26-20+. The van der Waals surface area contributed by atoms with Gasteiger partial charge in [-0.25, -0.2) is 4.98 Å². The van der Waals surface area contributed by atoms with Gasteiger partial charge in [-0.2, -0.15) is 10.4 Å². The molecule has 0 fully saturated rings. The van der Waals surface area contributed by atoms with Crippen LogP contribution in [0.3, 0.4) is 0 Å². The summed E-state index contributed by atoms with van der Waals surface area (Å²) in [5.41, 5.74) is 5.75. The minimum Gasteiger partial charge on any atom is -0.497 e. The molecule has 136 valence electrons. The van der Waals surface area contributed by atoms with E-state index in [9.17, 15) is 5.26 Å². The molecule has 0 saturated heterocycles. The fourth-order valence-corrected chi connectivity index (χ4v) is 3.54. The molecule has 6 heteroatoms. The Kier molecular flexibility index (Phi) is 5.00. The first-order chi connectivity index (χ1) is 13.8. The maximum atomic E-state index is 9.49. The third kappa shape index (κ3) is 3.70. The molecule has 0 aliphatic heterocycles. The lowest BCUT2D eigenvalue weighted by atomic mass is 10.1. The second-order valence-electron chi connectivity index (χ2n) is 6.01. The number of hydrogen-bond acceptors (Lipinski definition) is 6. The Morgan fingerprint density at radius 3 is 2.61 bits per heavy atom. The van der Waals surface area contributed by atoms with Crippen molar-refractivity contribution in [2.75, 3.05) is 12.5 Å². The molecule has 0 aliphatic rings. The minimum absolute atomic E-state index is 0.243. The van der Waals surface area contributed by atoms with E-state index in [0.29, 0.717) is 5.01 Å². The fraction of sp³-hybridized carbons (Fsp3) is 0.0455. The first-order valence-electron chi connectivity index (χ1n) is 8.60. The average Bonchev–Trinajstić information content (AvgIpc) is 3.24. The number of nitrogens with one attached hydrogen (secondary N) is 1. The normalized spacial score (nSPS) is 11.2. The van der Waals surface area contributed by atoms with Crippen molar-refractivity contribution in [2.45, 2.75) is 0 Å². The SMILES string of the molecule is COc1ccc(N/N=C(\C#N)c2nc(-c3ccc4ccccc4c3)cs2)cc1. The van der Waals surface area contributed by atoms with Gasteiger partial charge in [0.2, 0.25) is 0 Å². The van der Waals surface area contributed by atoms with Gasteiger partial charge in [0.1, 0.15) is 11.8 Å². The summed E-state index contributed by atoms with van der Waals surface area (Å²) in [6.07, 6.45) is 0. The first-order valence-corrected chi connectivity index (χ1v) is 9.48. The molecule has 0 aliphatic carbocycles. The molecule has 0 unspecified atom stereocenters. The summed E-state index contributed by atoms with van der Waals surface area (Å²) >= 11 is 1.40. The van der Waals surface area contributed by atoms with Crippen LogP contribution in [0, 0.1) is 11.3 Å². The molecule has 3 aromatic carbocycles. The largest absolute Gasteiger partial charge is 0.497 e. The van der Waals surface area contributed by atoms with Crippen molar-refractivity contribution in [1.29, 1.82) is 5.26 Å². The Bertz CT molecular complexity index is 1190. The first kappa shape index (κ1) is 17.7. The molecule has 0 bridgehead atoms. The van der Waals surface area contributed by atoms with Gasteiger partial charge in [-0.15, -0.1) is 11.3 Å². The maximum absolute atomic E-state index is 9.49. The fourth-order valence-electron chi connectivity index (χ4n) is 2.77. The van der Waals surface area contributed by atoms with Crippen molar-refractivity contribution in [1.82, 2.24) is 4.98 Å². The predicted molar refractivity (Wildman–Crippen MR) is 114 cm³/mol. The van der Waals surface area contributed by atoms with Gasteiger partial charge in [0.15, 0.2) is 10.7 Å². The van der Waals surface area contributed by atoms with Crippen molar-refractivity contribution in [3.8, 4) is 23.1 Å². The Labute approximate surface area is 166 Å². The number of hydrazone groups is 1. The number of nitrogens with zero attached hydrogens (tertiary/aromatic N) is 3. The van der Waals surface area contributed by atoms with E-state index in [1.165, 1.54) is 16.7 Å². The molecule has 0 amide bonds. The highest BCUT2D eigenvalue weighted by molar-refractivity contribution is 7.12. The number of fused-ring (bicyclic) bond motifs is 1. The monoisotopic (exact) mass is 384 g/mol. The molecule has 1 aromatic heterocycles. The van der Waals surface area contributed by atoms with Crippen LogP contribution in [0.15, 0.2) is 77.2 Å². The Balaban J connectivity index is 1.57. The number of methoxy groups -OCH3 is 1. The number of thiazole rings is 1. The molecule has 1 N–H and O–H groups in total. The lowest BCUT2D eigenvalue weighted by molar-refractivity contribution is 0.415. The molecule has 1 heterocycles. The highest BCUT2D eigenvalue weighted by Crippen LogP contribution is 2.26. The van der Waals surface area contributed by atoms with E-state index in [4.69, 9.17) is 4.74 Å². The molecular weight excluding hydrogens is 368 g/mol. The molecule has 4 rings (SSSR count). The van der Waals surface area contributed by atoms with Crippen LogP contribution in [0.25, 0.3) is 22.0 Å². The quantitative estimate of drug-likeness (QED) is 0.374. The summed E-state index contributed by atoms with van der Waals surface area (Å²) < 4.78 is 5.13. The second-order valence-corrected chi connectivity index (χ2v) is 6.87. The summed E-state index contributed by atoms with van der Waals surface area (Å²) in [6, 6.07) is 23.9. The highest BCUT2D eigenvalue weighted by atomic mass is 32.1.